The van der Waals surface area contributed by atoms with Crippen molar-refractivity contribution in [2.45, 2.75) is 13.8 Å². The molecule has 0 saturated carbocycles. The van der Waals surface area contributed by atoms with Gasteiger partial charge in [0.25, 0.3) is 11.5 Å². The minimum absolute atomic E-state index is 0.0678. The largest absolute Gasteiger partial charge is 0.351 e. The van der Waals surface area contributed by atoms with Crippen molar-refractivity contribution in [3.05, 3.63) is 46.5 Å². The first-order chi connectivity index (χ1) is 10.2. The second-order valence-electron chi connectivity index (χ2n) is 4.69. The van der Waals surface area contributed by atoms with E-state index in [9.17, 15) is 9.59 Å². The Hall–Kier alpha value is -2.21. The van der Waals surface area contributed by atoms with E-state index in [-0.39, 0.29) is 17.0 Å². The zero-order valence-corrected chi connectivity index (χ0v) is 12.4. The molecule has 0 saturated heterocycles. The maximum absolute atomic E-state index is 12.2. The molecule has 0 aliphatic carbocycles. The second kappa shape index (κ2) is 6.99. The number of nitrogens with one attached hydrogen (secondary N) is 1. The number of amides is 1. The average molecular weight is 288 g/mol. The fourth-order valence-electron chi connectivity index (χ4n) is 2.15. The molecule has 112 valence electrons. The third kappa shape index (κ3) is 3.46. The van der Waals surface area contributed by atoms with Gasteiger partial charge in [0, 0.05) is 25.5 Å². The second-order valence-corrected chi connectivity index (χ2v) is 4.69. The molecule has 6 nitrogen and oxygen atoms in total. The quantitative estimate of drug-likeness (QED) is 0.852. The van der Waals surface area contributed by atoms with Crippen LogP contribution in [0.3, 0.4) is 0 Å². The van der Waals surface area contributed by atoms with Crippen molar-refractivity contribution in [2.75, 3.05) is 26.2 Å². The minimum Gasteiger partial charge on any atom is -0.351 e. The number of pyridine rings is 1. The summed E-state index contributed by atoms with van der Waals surface area (Å²) in [5.41, 5.74) is 0.251. The van der Waals surface area contributed by atoms with Crippen LogP contribution in [0.4, 0.5) is 0 Å². The molecule has 2 aromatic heterocycles. The molecule has 0 unspecified atom stereocenters. The first kappa shape index (κ1) is 15.2. The number of hydrogen-bond donors (Lipinski definition) is 1. The molecule has 0 aliphatic rings. The molecule has 0 atom stereocenters. The Morgan fingerprint density at radius 2 is 2.10 bits per heavy atom. The average Bonchev–Trinajstić information content (AvgIpc) is 2.52. The first-order valence-corrected chi connectivity index (χ1v) is 7.14. The van der Waals surface area contributed by atoms with E-state index < -0.39 is 0 Å². The highest BCUT2D eigenvalue weighted by Gasteiger charge is 2.12. The van der Waals surface area contributed by atoms with E-state index in [1.165, 1.54) is 10.6 Å². The number of nitrogens with zero attached hydrogens (tertiary/aromatic N) is 3. The number of carbonyl (C=O) groups is 1. The Kier molecular flexibility index (Phi) is 5.05. The summed E-state index contributed by atoms with van der Waals surface area (Å²) in [7, 11) is 0. The molecule has 21 heavy (non-hydrogen) atoms. The van der Waals surface area contributed by atoms with Gasteiger partial charge in [-0.3, -0.25) is 14.0 Å². The van der Waals surface area contributed by atoms with Crippen LogP contribution in [0.1, 0.15) is 24.2 Å². The number of rotatable bonds is 6. The summed E-state index contributed by atoms with van der Waals surface area (Å²) in [5.74, 6) is -0.377. The molecule has 1 amide bonds. The summed E-state index contributed by atoms with van der Waals surface area (Å²) >= 11 is 0. The first-order valence-electron chi connectivity index (χ1n) is 7.14. The topological polar surface area (TPSA) is 66.7 Å². The van der Waals surface area contributed by atoms with Gasteiger partial charge in [-0.25, -0.2) is 4.98 Å². The van der Waals surface area contributed by atoms with E-state index in [1.807, 2.05) is 0 Å². The van der Waals surface area contributed by atoms with Crippen LogP contribution < -0.4 is 10.9 Å². The van der Waals surface area contributed by atoms with Crippen molar-refractivity contribution in [1.82, 2.24) is 19.6 Å². The summed E-state index contributed by atoms with van der Waals surface area (Å²) < 4.78 is 1.37. The Morgan fingerprint density at radius 3 is 2.81 bits per heavy atom. The van der Waals surface area contributed by atoms with Gasteiger partial charge in [0.1, 0.15) is 11.2 Å². The molecule has 1 N–H and O–H groups in total. The van der Waals surface area contributed by atoms with E-state index in [2.05, 4.69) is 29.0 Å². The van der Waals surface area contributed by atoms with Gasteiger partial charge in [-0.1, -0.05) is 19.9 Å². The molecular formula is C15H20N4O2. The fraction of sp³-hybridized carbons (Fsp3) is 0.400. The Balaban J connectivity index is 2.10. The minimum atomic E-state index is -0.377. The molecule has 0 aliphatic heterocycles. The molecule has 2 aromatic rings. The van der Waals surface area contributed by atoms with Gasteiger partial charge >= 0.3 is 0 Å². The number of likely N-dealkylation sites (N-methyl/N-ethyl adjacent to an activating group) is 1. The molecule has 0 bridgehead atoms. The van der Waals surface area contributed by atoms with Crippen molar-refractivity contribution in [3.63, 3.8) is 0 Å². The molecule has 0 spiro atoms. The van der Waals surface area contributed by atoms with Crippen LogP contribution in [0, 0.1) is 0 Å². The number of carbonyl (C=O) groups excluding carboxylic acids is 1. The van der Waals surface area contributed by atoms with Crippen LogP contribution >= 0.6 is 0 Å². The summed E-state index contributed by atoms with van der Waals surface area (Å²) in [4.78, 5) is 30.6. The highest BCUT2D eigenvalue weighted by molar-refractivity contribution is 5.93. The van der Waals surface area contributed by atoms with E-state index in [4.69, 9.17) is 0 Å². The van der Waals surface area contributed by atoms with Gasteiger partial charge < -0.3 is 10.2 Å². The van der Waals surface area contributed by atoms with Crippen LogP contribution in [0.25, 0.3) is 5.65 Å². The molecule has 2 heterocycles. The summed E-state index contributed by atoms with van der Waals surface area (Å²) in [6.07, 6.45) is 2.95. The van der Waals surface area contributed by atoms with Gasteiger partial charge in [-0.2, -0.15) is 0 Å². The van der Waals surface area contributed by atoms with Gasteiger partial charge in [0.05, 0.1) is 0 Å². The normalized spacial score (nSPS) is 11.0. The molecular weight excluding hydrogens is 268 g/mol. The third-order valence-electron chi connectivity index (χ3n) is 3.47. The van der Waals surface area contributed by atoms with E-state index in [0.29, 0.717) is 12.2 Å². The lowest BCUT2D eigenvalue weighted by Crippen LogP contribution is -2.37. The van der Waals surface area contributed by atoms with Crippen LogP contribution in [0.5, 0.6) is 0 Å². The van der Waals surface area contributed by atoms with E-state index in [1.54, 1.807) is 24.4 Å². The maximum Gasteiger partial charge on any atom is 0.270 e. The van der Waals surface area contributed by atoms with E-state index in [0.717, 1.165) is 19.6 Å². The monoisotopic (exact) mass is 288 g/mol. The van der Waals surface area contributed by atoms with Crippen molar-refractivity contribution < 1.29 is 4.79 Å². The number of hydrogen-bond acceptors (Lipinski definition) is 4. The van der Waals surface area contributed by atoms with Crippen LogP contribution in [0.2, 0.25) is 0 Å². The highest BCUT2D eigenvalue weighted by atomic mass is 16.2. The Morgan fingerprint density at radius 1 is 1.33 bits per heavy atom. The summed E-state index contributed by atoms with van der Waals surface area (Å²) in [6.45, 7) is 7.30. The zero-order chi connectivity index (χ0) is 15.2. The predicted octanol–water partition coefficient (Wildman–Crippen LogP) is 0.766. The van der Waals surface area contributed by atoms with Gasteiger partial charge in [-0.15, -0.1) is 0 Å². The van der Waals surface area contributed by atoms with Crippen molar-refractivity contribution in [3.8, 4) is 0 Å². The van der Waals surface area contributed by atoms with Crippen LogP contribution in [0.15, 0.2) is 35.4 Å². The van der Waals surface area contributed by atoms with Crippen LogP contribution in [-0.2, 0) is 0 Å². The fourth-order valence-corrected chi connectivity index (χ4v) is 2.15. The summed E-state index contributed by atoms with van der Waals surface area (Å²) in [6, 6.07) is 5.26. The zero-order valence-electron chi connectivity index (χ0n) is 12.4. The van der Waals surface area contributed by atoms with Gasteiger partial charge in [0.2, 0.25) is 0 Å². The molecule has 2 rings (SSSR count). The smallest absolute Gasteiger partial charge is 0.270 e. The SMILES string of the molecule is CCN(CC)CCNC(=O)c1cnc2ccccn2c1=O. The van der Waals surface area contributed by atoms with Crippen LogP contribution in [-0.4, -0.2) is 46.4 Å². The maximum atomic E-state index is 12.2. The molecule has 0 aromatic carbocycles. The number of aromatic nitrogens is 2. The Bertz CT molecular complexity index is 677. The Labute approximate surface area is 123 Å². The molecule has 0 radical (unpaired) electrons. The van der Waals surface area contributed by atoms with E-state index >= 15 is 0 Å². The lowest BCUT2D eigenvalue weighted by Gasteiger charge is -2.17. The van der Waals surface area contributed by atoms with Crippen molar-refractivity contribution in [1.29, 1.82) is 0 Å². The van der Waals surface area contributed by atoms with Crippen molar-refractivity contribution in [2.24, 2.45) is 0 Å². The third-order valence-corrected chi connectivity index (χ3v) is 3.47. The molecule has 6 heteroatoms. The lowest BCUT2D eigenvalue weighted by atomic mass is 10.3. The summed E-state index contributed by atoms with van der Waals surface area (Å²) in [5, 5.41) is 2.77. The van der Waals surface area contributed by atoms with Gasteiger partial charge in [-0.05, 0) is 25.2 Å². The number of fused-ring (bicyclic) bond motifs is 1. The highest BCUT2D eigenvalue weighted by Crippen LogP contribution is 1.97. The lowest BCUT2D eigenvalue weighted by molar-refractivity contribution is 0.0947. The van der Waals surface area contributed by atoms with Gasteiger partial charge in [0.15, 0.2) is 0 Å². The molecule has 0 fully saturated rings. The standard InChI is InChI=1S/C15H20N4O2/c1-3-18(4-2)10-8-16-14(20)12-11-17-13-7-5-6-9-19(13)15(12)21/h5-7,9,11H,3-4,8,10H2,1-2H3,(H,16,20). The predicted molar refractivity (Wildman–Crippen MR) is 81.6 cm³/mol. The van der Waals surface area contributed by atoms with Crippen molar-refractivity contribution >= 4 is 11.6 Å².